The number of esters is 1. The molecule has 1 heterocycles. The molecule has 0 spiro atoms. The van der Waals surface area contributed by atoms with Crippen LogP contribution in [-0.4, -0.2) is 74.0 Å². The number of hydrogen-bond acceptors (Lipinski definition) is 6. The summed E-state index contributed by atoms with van der Waals surface area (Å²) in [5.74, 6) is -1.95. The number of carbonyl (C=O) groups is 4. The van der Waals surface area contributed by atoms with Crippen molar-refractivity contribution in [3.8, 4) is 0 Å². The van der Waals surface area contributed by atoms with Crippen LogP contribution in [0.4, 0.5) is 0 Å². The average Bonchev–Trinajstić information content (AvgIpc) is 2.92. The van der Waals surface area contributed by atoms with Crippen molar-refractivity contribution < 1.29 is 28.7 Å². The van der Waals surface area contributed by atoms with Crippen LogP contribution in [-0.2, 0) is 19.1 Å². The number of rotatable bonds is 9. The van der Waals surface area contributed by atoms with Crippen LogP contribution in [0.25, 0.3) is 0 Å². The summed E-state index contributed by atoms with van der Waals surface area (Å²) < 4.78 is 9.71. The summed E-state index contributed by atoms with van der Waals surface area (Å²) in [6.07, 6.45) is -0.0247. The molecule has 2 rings (SSSR count). The Labute approximate surface area is 158 Å². The van der Waals surface area contributed by atoms with Gasteiger partial charge in [-0.1, -0.05) is 19.1 Å². The molecule has 0 saturated heterocycles. The Bertz CT molecular complexity index is 698. The van der Waals surface area contributed by atoms with Gasteiger partial charge in [0, 0.05) is 33.2 Å². The van der Waals surface area contributed by atoms with Gasteiger partial charge in [0.15, 0.2) is 0 Å². The molecule has 8 nitrogen and oxygen atoms in total. The maximum Gasteiger partial charge on any atom is 0.310 e. The number of imide groups is 1. The minimum absolute atomic E-state index is 0.0126. The molecular formula is C19H24N2O6. The second kappa shape index (κ2) is 9.27. The largest absolute Gasteiger partial charge is 0.469 e. The molecule has 1 unspecified atom stereocenters. The lowest BCUT2D eigenvalue weighted by molar-refractivity contribution is -0.146. The van der Waals surface area contributed by atoms with Gasteiger partial charge in [-0.05, 0) is 12.1 Å². The van der Waals surface area contributed by atoms with E-state index in [2.05, 4.69) is 0 Å². The Morgan fingerprint density at radius 1 is 1.11 bits per heavy atom. The van der Waals surface area contributed by atoms with Crippen molar-refractivity contribution >= 4 is 23.7 Å². The highest BCUT2D eigenvalue weighted by Crippen LogP contribution is 2.22. The number of fused-ring (bicyclic) bond motifs is 1. The predicted octanol–water partition coefficient (Wildman–Crippen LogP) is 0.957. The van der Waals surface area contributed by atoms with Crippen LogP contribution in [0, 0.1) is 5.92 Å². The van der Waals surface area contributed by atoms with Gasteiger partial charge < -0.3 is 14.4 Å². The van der Waals surface area contributed by atoms with Gasteiger partial charge in [-0.25, -0.2) is 0 Å². The zero-order valence-electron chi connectivity index (χ0n) is 15.8. The van der Waals surface area contributed by atoms with Gasteiger partial charge >= 0.3 is 5.97 Å². The van der Waals surface area contributed by atoms with Gasteiger partial charge in [0.2, 0.25) is 5.91 Å². The molecule has 0 aromatic heterocycles. The van der Waals surface area contributed by atoms with Crippen molar-refractivity contribution in [1.82, 2.24) is 9.80 Å². The lowest BCUT2D eigenvalue weighted by Gasteiger charge is -2.25. The standard InChI is InChI=1S/C19H24N2O6/c1-13(19(25)27-3)12-20(10-11-26-2)16(22)8-9-21-17(23)14-6-4-5-7-15(14)18(21)24/h4-7,13H,8-12H2,1-3H3. The number of nitrogens with zero attached hydrogens (tertiary/aromatic N) is 2. The number of carbonyl (C=O) groups excluding carboxylic acids is 4. The van der Waals surface area contributed by atoms with Gasteiger partial charge in [0.1, 0.15) is 0 Å². The fourth-order valence-corrected chi connectivity index (χ4v) is 2.93. The van der Waals surface area contributed by atoms with Gasteiger partial charge in [0.05, 0.1) is 30.8 Å². The third-order valence-corrected chi connectivity index (χ3v) is 4.44. The molecule has 0 aliphatic carbocycles. The molecule has 0 N–H and O–H groups in total. The summed E-state index contributed by atoms with van der Waals surface area (Å²) in [6, 6.07) is 6.58. The third kappa shape index (κ3) is 4.71. The number of methoxy groups -OCH3 is 2. The molecule has 8 heteroatoms. The highest BCUT2D eigenvalue weighted by atomic mass is 16.5. The van der Waals surface area contributed by atoms with E-state index < -0.39 is 23.7 Å². The summed E-state index contributed by atoms with van der Waals surface area (Å²) >= 11 is 0. The van der Waals surface area contributed by atoms with Gasteiger partial charge in [-0.3, -0.25) is 24.1 Å². The van der Waals surface area contributed by atoms with E-state index >= 15 is 0 Å². The second-order valence-electron chi connectivity index (χ2n) is 6.31. The van der Waals surface area contributed by atoms with E-state index in [0.29, 0.717) is 24.3 Å². The Morgan fingerprint density at radius 3 is 2.22 bits per heavy atom. The molecule has 1 aromatic carbocycles. The molecule has 27 heavy (non-hydrogen) atoms. The SMILES string of the molecule is COCCN(CC(C)C(=O)OC)C(=O)CCN1C(=O)c2ccccc2C1=O. The Hall–Kier alpha value is -2.74. The maximum atomic E-state index is 12.6. The molecule has 1 aliphatic rings. The monoisotopic (exact) mass is 376 g/mol. The van der Waals surface area contributed by atoms with Crippen molar-refractivity contribution in [2.75, 3.05) is 40.5 Å². The van der Waals surface area contributed by atoms with Crippen LogP contribution in [0.15, 0.2) is 24.3 Å². The maximum absolute atomic E-state index is 12.6. The minimum atomic E-state index is -0.491. The molecule has 3 amide bonds. The summed E-state index contributed by atoms with van der Waals surface area (Å²) in [4.78, 5) is 51.5. The van der Waals surface area contributed by atoms with E-state index in [4.69, 9.17) is 9.47 Å². The molecule has 0 radical (unpaired) electrons. The van der Waals surface area contributed by atoms with Crippen LogP contribution in [0.5, 0.6) is 0 Å². The summed E-state index contributed by atoms with van der Waals surface area (Å²) in [5.41, 5.74) is 0.705. The zero-order chi connectivity index (χ0) is 20.0. The van der Waals surface area contributed by atoms with Crippen molar-refractivity contribution in [1.29, 1.82) is 0 Å². The van der Waals surface area contributed by atoms with E-state index in [-0.39, 0.29) is 25.4 Å². The molecule has 1 aliphatic heterocycles. The van der Waals surface area contributed by atoms with E-state index in [9.17, 15) is 19.2 Å². The first kappa shape index (κ1) is 20.6. The fourth-order valence-electron chi connectivity index (χ4n) is 2.93. The van der Waals surface area contributed by atoms with E-state index in [1.165, 1.54) is 19.1 Å². The van der Waals surface area contributed by atoms with E-state index in [1.54, 1.807) is 31.2 Å². The molecule has 1 atom stereocenters. The number of hydrogen-bond donors (Lipinski definition) is 0. The van der Waals surface area contributed by atoms with Crippen LogP contribution in [0.1, 0.15) is 34.1 Å². The van der Waals surface area contributed by atoms with Crippen LogP contribution in [0.3, 0.4) is 0 Å². The summed E-state index contributed by atoms with van der Waals surface area (Å²) in [7, 11) is 2.81. The van der Waals surface area contributed by atoms with Gasteiger partial charge in [-0.2, -0.15) is 0 Å². The van der Waals surface area contributed by atoms with E-state index in [0.717, 1.165) is 4.90 Å². The topological polar surface area (TPSA) is 93.2 Å². The van der Waals surface area contributed by atoms with E-state index in [1.807, 2.05) is 0 Å². The summed E-state index contributed by atoms with van der Waals surface area (Å²) in [5, 5.41) is 0. The minimum Gasteiger partial charge on any atom is -0.469 e. The smallest absolute Gasteiger partial charge is 0.310 e. The third-order valence-electron chi connectivity index (χ3n) is 4.44. The number of ether oxygens (including phenoxy) is 2. The lowest BCUT2D eigenvalue weighted by atomic mass is 10.1. The normalized spacial score (nSPS) is 14.1. The number of amides is 3. The lowest BCUT2D eigenvalue weighted by Crippen LogP contribution is -2.41. The average molecular weight is 376 g/mol. The van der Waals surface area contributed by atoms with Crippen molar-refractivity contribution in [2.24, 2.45) is 5.92 Å². The molecule has 0 saturated carbocycles. The Morgan fingerprint density at radius 2 is 1.70 bits per heavy atom. The van der Waals surface area contributed by atoms with Crippen LogP contribution >= 0.6 is 0 Å². The molecule has 1 aromatic rings. The molecule has 0 bridgehead atoms. The fraction of sp³-hybridized carbons (Fsp3) is 0.474. The highest BCUT2D eigenvalue weighted by Gasteiger charge is 2.35. The first-order valence-corrected chi connectivity index (χ1v) is 8.70. The van der Waals surface area contributed by atoms with Crippen molar-refractivity contribution in [2.45, 2.75) is 13.3 Å². The van der Waals surface area contributed by atoms with Gasteiger partial charge in [0.25, 0.3) is 11.8 Å². The predicted molar refractivity (Wildman–Crippen MR) is 96.1 cm³/mol. The van der Waals surface area contributed by atoms with Gasteiger partial charge in [-0.15, -0.1) is 0 Å². The molecule has 0 fully saturated rings. The number of benzene rings is 1. The van der Waals surface area contributed by atoms with Crippen LogP contribution < -0.4 is 0 Å². The second-order valence-corrected chi connectivity index (χ2v) is 6.31. The van der Waals surface area contributed by atoms with Crippen LogP contribution in [0.2, 0.25) is 0 Å². The summed E-state index contributed by atoms with van der Waals surface area (Å²) in [6.45, 7) is 2.45. The Balaban J connectivity index is 2.00. The first-order valence-electron chi connectivity index (χ1n) is 8.70. The quantitative estimate of drug-likeness (QED) is 0.471. The molecule has 146 valence electrons. The molecular weight excluding hydrogens is 352 g/mol. The zero-order valence-corrected chi connectivity index (χ0v) is 15.8. The Kier molecular flexibility index (Phi) is 7.06. The van der Waals surface area contributed by atoms with Crippen molar-refractivity contribution in [3.05, 3.63) is 35.4 Å². The first-order chi connectivity index (χ1) is 12.9. The highest BCUT2D eigenvalue weighted by molar-refractivity contribution is 6.21. The van der Waals surface area contributed by atoms with Crippen molar-refractivity contribution in [3.63, 3.8) is 0 Å².